The summed E-state index contributed by atoms with van der Waals surface area (Å²) in [5.41, 5.74) is 8.73. The quantitative estimate of drug-likeness (QED) is 0.113. The number of H-pyrrole nitrogens is 1. The normalized spacial score (nSPS) is 13.5. The first kappa shape index (κ1) is 39.8. The van der Waals surface area contributed by atoms with Crippen molar-refractivity contribution in [2.75, 3.05) is 18.4 Å². The number of aromatic amines is 1. The molecule has 0 bridgehead atoms. The highest BCUT2D eigenvalue weighted by molar-refractivity contribution is 7.92. The number of benzene rings is 3. The second-order valence-corrected chi connectivity index (χ2v) is 17.3. The lowest BCUT2D eigenvalue weighted by atomic mass is 9.97. The Kier molecular flexibility index (Phi) is 10.6. The molecule has 5 heterocycles. The van der Waals surface area contributed by atoms with E-state index in [-0.39, 0.29) is 22.9 Å². The Labute approximate surface area is 350 Å². The van der Waals surface area contributed by atoms with E-state index >= 15 is 0 Å². The summed E-state index contributed by atoms with van der Waals surface area (Å²) >= 11 is 1.64. The van der Waals surface area contributed by atoms with Crippen LogP contribution in [0, 0.1) is 39.0 Å². The Bertz CT molecular complexity index is 2990. The molecule has 1 amide bonds. The molecule has 60 heavy (non-hydrogen) atoms. The molecule has 3 aromatic carbocycles. The lowest BCUT2D eigenvalue weighted by molar-refractivity contribution is -0.141. The number of nitriles is 1. The summed E-state index contributed by atoms with van der Waals surface area (Å²) in [5, 5.41) is 22.7. The van der Waals surface area contributed by atoms with Gasteiger partial charge >= 0.3 is 5.97 Å². The third-order valence-corrected chi connectivity index (χ3v) is 13.2. The molecule has 14 nitrogen and oxygen atoms in total. The second-order valence-electron chi connectivity index (χ2n) is 14.4. The molecule has 3 N–H and O–H groups in total. The summed E-state index contributed by atoms with van der Waals surface area (Å²) in [6.45, 7) is 8.22. The number of hydrogen-bond donors (Lipinski definition) is 3. The number of anilines is 1. The molecular weight excluding hydrogens is 799 g/mol. The van der Waals surface area contributed by atoms with Gasteiger partial charge in [0.15, 0.2) is 5.82 Å². The molecule has 0 fully saturated rings. The average molecular weight is 838 g/mol. The van der Waals surface area contributed by atoms with Crippen molar-refractivity contribution in [2.45, 2.75) is 51.5 Å². The predicted octanol–water partition coefficient (Wildman–Crippen LogP) is 7.21. The van der Waals surface area contributed by atoms with Crippen LogP contribution in [-0.4, -0.2) is 64.4 Å². The van der Waals surface area contributed by atoms with Gasteiger partial charge in [0.25, 0.3) is 15.9 Å². The van der Waals surface area contributed by atoms with Gasteiger partial charge in [-0.3, -0.25) is 28.9 Å². The van der Waals surface area contributed by atoms with E-state index in [1.165, 1.54) is 19.2 Å². The summed E-state index contributed by atoms with van der Waals surface area (Å²) in [5.74, 6) is 0.583. The van der Waals surface area contributed by atoms with Crippen LogP contribution in [0.2, 0.25) is 0 Å². The molecule has 1 aliphatic rings. The molecule has 0 saturated heterocycles. The second kappa shape index (κ2) is 16.0. The van der Waals surface area contributed by atoms with Gasteiger partial charge in [-0.2, -0.15) is 5.26 Å². The van der Waals surface area contributed by atoms with Gasteiger partial charge in [-0.05, 0) is 80.6 Å². The number of carbonyl (C=O) groups excluding carboxylic acids is 2. The van der Waals surface area contributed by atoms with E-state index in [0.29, 0.717) is 46.8 Å². The number of amides is 1. The van der Waals surface area contributed by atoms with E-state index in [4.69, 9.17) is 9.73 Å². The van der Waals surface area contributed by atoms with Gasteiger partial charge in [-0.1, -0.05) is 48.5 Å². The summed E-state index contributed by atoms with van der Waals surface area (Å²) in [4.78, 5) is 39.3. The molecule has 0 saturated carbocycles. The van der Waals surface area contributed by atoms with Crippen LogP contribution < -0.4 is 10.0 Å². The van der Waals surface area contributed by atoms with E-state index in [1.54, 1.807) is 54.1 Å². The fourth-order valence-electron chi connectivity index (χ4n) is 7.33. The van der Waals surface area contributed by atoms with E-state index in [9.17, 15) is 23.3 Å². The first-order chi connectivity index (χ1) is 28.9. The summed E-state index contributed by atoms with van der Waals surface area (Å²) < 4.78 is 36.1. The Morgan fingerprint density at radius 2 is 1.68 bits per heavy atom. The molecule has 0 unspecified atom stereocenters. The molecule has 0 radical (unpaired) electrons. The number of esters is 1. The highest BCUT2D eigenvalue weighted by Crippen LogP contribution is 2.40. The summed E-state index contributed by atoms with van der Waals surface area (Å²) in [6.07, 6.45) is 3.72. The van der Waals surface area contributed by atoms with Crippen molar-refractivity contribution in [3.8, 4) is 22.2 Å². The molecule has 0 aliphatic carbocycles. The number of hydrogen-bond acceptors (Lipinski definition) is 11. The molecule has 1 atom stereocenters. The van der Waals surface area contributed by atoms with E-state index < -0.39 is 22.0 Å². The van der Waals surface area contributed by atoms with Crippen LogP contribution in [0.1, 0.15) is 72.9 Å². The number of sulfonamides is 1. The fraction of sp³-hybridized carbons (Fsp3) is 0.205. The van der Waals surface area contributed by atoms with Crippen molar-refractivity contribution in [3.63, 3.8) is 0 Å². The van der Waals surface area contributed by atoms with Gasteiger partial charge in [0.05, 0.1) is 40.9 Å². The predicted molar refractivity (Wildman–Crippen MR) is 229 cm³/mol. The Balaban J connectivity index is 0.914. The first-order valence-electron chi connectivity index (χ1n) is 19.0. The van der Waals surface area contributed by atoms with Crippen molar-refractivity contribution in [1.29, 1.82) is 5.26 Å². The lowest BCUT2D eigenvalue weighted by Gasteiger charge is -2.12. The molecule has 302 valence electrons. The lowest BCUT2D eigenvalue weighted by Crippen LogP contribution is -2.26. The summed E-state index contributed by atoms with van der Waals surface area (Å²) in [6, 6.07) is 22.9. The van der Waals surface area contributed by atoms with Crippen molar-refractivity contribution in [2.24, 2.45) is 4.99 Å². The molecule has 0 spiro atoms. The molecule has 4 aromatic heterocycles. The van der Waals surface area contributed by atoms with Crippen LogP contribution >= 0.6 is 11.3 Å². The van der Waals surface area contributed by atoms with Crippen LogP contribution in [0.4, 0.5) is 5.69 Å². The number of pyridine rings is 1. The monoisotopic (exact) mass is 837 g/mol. The third-order valence-electron chi connectivity index (χ3n) is 10.7. The number of thiophene rings is 1. The Hall–Kier alpha value is -6.96. The standard InChI is InChI=1S/C44H39N9O5S2/c1-24-6-16-34(41-38(24)32(21-45)23-48-41)52-60(56,57)33-14-7-28(8-15-33)18-19-46-43(55)35-17-13-31(22-47-35)29-9-11-30(12-10-29)40-39-25(2)26(3)59-44(39)53-27(4)50-51-42(53)36(49-40)20-37(54)58-5/h6-17,22-23,36,48,52H,18-20H2,1-5H3,(H,46,55)/t36-/m0/s1. The zero-order valence-corrected chi connectivity index (χ0v) is 35.0. The summed E-state index contributed by atoms with van der Waals surface area (Å²) in [7, 11) is -2.56. The molecule has 1 aliphatic heterocycles. The number of rotatable bonds is 11. The number of aromatic nitrogens is 5. The highest BCUT2D eigenvalue weighted by atomic mass is 32.2. The Morgan fingerprint density at radius 3 is 2.38 bits per heavy atom. The molecule has 7 aromatic rings. The number of nitrogens with one attached hydrogen (secondary N) is 3. The van der Waals surface area contributed by atoms with Crippen LogP contribution in [0.5, 0.6) is 0 Å². The minimum atomic E-state index is -3.92. The number of carbonyl (C=O) groups is 2. The van der Waals surface area contributed by atoms with Gasteiger partial charge in [0.2, 0.25) is 0 Å². The minimum Gasteiger partial charge on any atom is -0.469 e. The van der Waals surface area contributed by atoms with Crippen LogP contribution in [0.15, 0.2) is 95.1 Å². The molecule has 16 heteroatoms. The van der Waals surface area contributed by atoms with Crippen LogP contribution in [0.3, 0.4) is 0 Å². The number of nitrogens with zero attached hydrogens (tertiary/aromatic N) is 6. The van der Waals surface area contributed by atoms with Gasteiger partial charge in [0.1, 0.15) is 28.6 Å². The maximum Gasteiger partial charge on any atom is 0.308 e. The largest absolute Gasteiger partial charge is 0.469 e. The average Bonchev–Trinajstić information content (AvgIpc) is 3.93. The number of aliphatic imine (C=N–C) groups is 1. The smallest absolute Gasteiger partial charge is 0.308 e. The topological polar surface area (TPSA) is 197 Å². The molecule has 8 rings (SSSR count). The van der Waals surface area contributed by atoms with E-state index in [2.05, 4.69) is 50.1 Å². The number of fused-ring (bicyclic) bond motifs is 4. The highest BCUT2D eigenvalue weighted by Gasteiger charge is 2.32. The van der Waals surface area contributed by atoms with Gasteiger partial charge in [-0.25, -0.2) is 8.42 Å². The number of methoxy groups -OCH3 is 1. The SMILES string of the molecule is COC(=O)C[C@@H]1N=C(c2ccc(-c3ccc(C(=O)NCCc4ccc(S(=O)(=O)Nc5ccc(C)c6c(C#N)c[nH]c56)cc4)nc3)cc2)c2c(sc(C)c2C)-n2c(C)nnc21. The first-order valence-corrected chi connectivity index (χ1v) is 21.3. The van der Waals surface area contributed by atoms with Crippen LogP contribution in [0.25, 0.3) is 27.0 Å². The van der Waals surface area contributed by atoms with E-state index in [0.717, 1.165) is 54.5 Å². The fourth-order valence-corrected chi connectivity index (χ4v) is 9.61. The van der Waals surface area contributed by atoms with Crippen molar-refractivity contribution >= 4 is 55.5 Å². The number of aryl methyl sites for hydroxylation is 3. The van der Waals surface area contributed by atoms with E-state index in [1.807, 2.05) is 48.7 Å². The maximum absolute atomic E-state index is 13.2. The van der Waals surface area contributed by atoms with Crippen molar-refractivity contribution in [3.05, 3.63) is 141 Å². The molecular formula is C44H39N9O5S2. The van der Waals surface area contributed by atoms with Crippen molar-refractivity contribution < 1.29 is 22.7 Å². The Morgan fingerprint density at radius 1 is 0.950 bits per heavy atom. The minimum absolute atomic E-state index is 0.0208. The van der Waals surface area contributed by atoms with Gasteiger partial charge in [-0.15, -0.1) is 21.5 Å². The zero-order valence-electron chi connectivity index (χ0n) is 33.3. The van der Waals surface area contributed by atoms with Crippen LogP contribution in [-0.2, 0) is 26.0 Å². The van der Waals surface area contributed by atoms with Gasteiger partial charge < -0.3 is 15.0 Å². The maximum atomic E-state index is 13.2. The zero-order chi connectivity index (χ0) is 42.3. The number of ether oxygens (including phenoxy) is 1. The third kappa shape index (κ3) is 7.44. The van der Waals surface area contributed by atoms with Crippen molar-refractivity contribution in [1.82, 2.24) is 30.0 Å². The van der Waals surface area contributed by atoms with Gasteiger partial charge in [0, 0.05) is 45.9 Å².